The molecule has 0 bridgehead atoms. The third kappa shape index (κ3) is 3.20. The summed E-state index contributed by atoms with van der Waals surface area (Å²) < 4.78 is 0. The van der Waals surface area contributed by atoms with Crippen molar-refractivity contribution in [2.24, 2.45) is 5.92 Å². The molecular weight excluding hydrogens is 244 g/mol. The summed E-state index contributed by atoms with van der Waals surface area (Å²) >= 11 is 0. The van der Waals surface area contributed by atoms with Crippen LogP contribution in [-0.4, -0.2) is 58.2 Å². The lowest BCUT2D eigenvalue weighted by molar-refractivity contribution is -0.143. The molecule has 0 amide bonds. The zero-order valence-corrected chi connectivity index (χ0v) is 11.4. The first kappa shape index (κ1) is 13.7. The Morgan fingerprint density at radius 2 is 1.79 bits per heavy atom. The van der Waals surface area contributed by atoms with Crippen molar-refractivity contribution in [3.05, 3.63) is 18.5 Å². The van der Waals surface area contributed by atoms with E-state index < -0.39 is 5.97 Å². The Morgan fingerprint density at radius 3 is 2.32 bits per heavy atom. The van der Waals surface area contributed by atoms with E-state index in [-0.39, 0.29) is 12.0 Å². The quantitative estimate of drug-likeness (QED) is 0.863. The number of hydrogen-bond donors (Lipinski definition) is 1. The van der Waals surface area contributed by atoms with Crippen molar-refractivity contribution >= 4 is 11.9 Å². The van der Waals surface area contributed by atoms with Gasteiger partial charge in [-0.25, -0.2) is 9.97 Å². The summed E-state index contributed by atoms with van der Waals surface area (Å²) in [6.07, 6.45) is 3.48. The highest BCUT2D eigenvalue weighted by Crippen LogP contribution is 2.16. The van der Waals surface area contributed by atoms with E-state index in [9.17, 15) is 4.79 Å². The number of rotatable bonds is 4. The molecule has 2 heterocycles. The highest BCUT2D eigenvalue weighted by molar-refractivity contribution is 5.70. The summed E-state index contributed by atoms with van der Waals surface area (Å²) in [4.78, 5) is 23.8. The summed E-state index contributed by atoms with van der Waals surface area (Å²) in [5, 5.41) is 9.06. The minimum atomic E-state index is -0.735. The summed E-state index contributed by atoms with van der Waals surface area (Å²) in [7, 11) is 0. The van der Waals surface area contributed by atoms with Gasteiger partial charge in [-0.3, -0.25) is 9.69 Å². The molecular formula is C13H20N4O2. The van der Waals surface area contributed by atoms with Crippen LogP contribution >= 0.6 is 0 Å². The Bertz CT molecular complexity index is 418. The van der Waals surface area contributed by atoms with Gasteiger partial charge in [0.2, 0.25) is 5.95 Å². The minimum absolute atomic E-state index is 0.0522. The van der Waals surface area contributed by atoms with Crippen LogP contribution in [0, 0.1) is 5.92 Å². The number of aromatic nitrogens is 2. The van der Waals surface area contributed by atoms with Crippen molar-refractivity contribution in [1.82, 2.24) is 14.9 Å². The lowest BCUT2D eigenvalue weighted by Gasteiger charge is -2.39. The SMILES string of the molecule is CC(C(=O)O)C(C)N1CCN(c2ncccn2)CC1. The molecule has 2 rings (SSSR count). The van der Waals surface area contributed by atoms with Gasteiger partial charge in [-0.2, -0.15) is 0 Å². The molecule has 1 aromatic rings. The van der Waals surface area contributed by atoms with Gasteiger partial charge in [0.1, 0.15) is 0 Å². The fourth-order valence-electron chi connectivity index (χ4n) is 2.31. The van der Waals surface area contributed by atoms with E-state index in [0.717, 1.165) is 32.1 Å². The molecule has 0 spiro atoms. The molecule has 0 aliphatic carbocycles. The fourth-order valence-corrected chi connectivity index (χ4v) is 2.31. The standard InChI is InChI=1S/C13H20N4O2/c1-10(12(18)19)11(2)16-6-8-17(9-7-16)13-14-4-3-5-15-13/h3-5,10-11H,6-9H2,1-2H3,(H,18,19). The van der Waals surface area contributed by atoms with E-state index in [1.807, 2.05) is 6.92 Å². The van der Waals surface area contributed by atoms with Gasteiger partial charge >= 0.3 is 5.97 Å². The summed E-state index contributed by atoms with van der Waals surface area (Å²) in [6, 6.07) is 1.85. The predicted octanol–water partition coefficient (Wildman–Crippen LogP) is 0.708. The molecule has 1 saturated heterocycles. The first-order valence-corrected chi connectivity index (χ1v) is 6.58. The van der Waals surface area contributed by atoms with Crippen LogP contribution in [0.1, 0.15) is 13.8 Å². The number of carbonyl (C=O) groups is 1. The van der Waals surface area contributed by atoms with Gasteiger partial charge in [0.05, 0.1) is 5.92 Å². The molecule has 0 aromatic carbocycles. The highest BCUT2D eigenvalue weighted by atomic mass is 16.4. The van der Waals surface area contributed by atoms with Gasteiger partial charge in [0, 0.05) is 44.6 Å². The second kappa shape index (κ2) is 5.97. The summed E-state index contributed by atoms with van der Waals surface area (Å²) in [6.45, 7) is 7.10. The molecule has 1 aliphatic rings. The van der Waals surface area contributed by atoms with E-state index in [1.165, 1.54) is 0 Å². The van der Waals surface area contributed by atoms with Crippen LogP contribution in [0.3, 0.4) is 0 Å². The monoisotopic (exact) mass is 264 g/mol. The van der Waals surface area contributed by atoms with Crippen molar-refractivity contribution in [3.8, 4) is 0 Å². The number of carboxylic acid groups (broad SMARTS) is 1. The molecule has 19 heavy (non-hydrogen) atoms. The van der Waals surface area contributed by atoms with Crippen LogP contribution in [0.5, 0.6) is 0 Å². The molecule has 0 radical (unpaired) electrons. The molecule has 2 unspecified atom stereocenters. The summed E-state index contributed by atoms with van der Waals surface area (Å²) in [5.74, 6) is -0.332. The van der Waals surface area contributed by atoms with Gasteiger partial charge in [0.15, 0.2) is 0 Å². The number of carboxylic acids is 1. The number of piperazine rings is 1. The van der Waals surface area contributed by atoms with E-state index >= 15 is 0 Å². The topological polar surface area (TPSA) is 69.6 Å². The smallest absolute Gasteiger partial charge is 0.307 e. The number of anilines is 1. The van der Waals surface area contributed by atoms with Gasteiger partial charge in [0.25, 0.3) is 0 Å². The fraction of sp³-hybridized carbons (Fsp3) is 0.615. The van der Waals surface area contributed by atoms with Crippen LogP contribution < -0.4 is 4.90 Å². The molecule has 0 saturated carbocycles. The Kier molecular flexibility index (Phi) is 4.31. The van der Waals surface area contributed by atoms with Crippen molar-refractivity contribution in [2.75, 3.05) is 31.1 Å². The number of nitrogens with zero attached hydrogens (tertiary/aromatic N) is 4. The first-order chi connectivity index (χ1) is 9.09. The Balaban J connectivity index is 1.91. The maximum atomic E-state index is 11.0. The third-order valence-corrected chi connectivity index (χ3v) is 3.84. The van der Waals surface area contributed by atoms with Crippen LogP contribution in [0.15, 0.2) is 18.5 Å². The Hall–Kier alpha value is -1.69. The minimum Gasteiger partial charge on any atom is -0.481 e. The summed E-state index contributed by atoms with van der Waals surface area (Å²) in [5.41, 5.74) is 0. The van der Waals surface area contributed by atoms with Crippen molar-refractivity contribution in [3.63, 3.8) is 0 Å². The molecule has 1 aliphatic heterocycles. The largest absolute Gasteiger partial charge is 0.481 e. The van der Waals surface area contributed by atoms with Crippen LogP contribution in [0.4, 0.5) is 5.95 Å². The number of hydrogen-bond acceptors (Lipinski definition) is 5. The van der Waals surface area contributed by atoms with E-state index in [4.69, 9.17) is 5.11 Å². The van der Waals surface area contributed by atoms with E-state index in [0.29, 0.717) is 0 Å². The van der Waals surface area contributed by atoms with E-state index in [1.54, 1.807) is 25.4 Å². The average Bonchev–Trinajstić information content (AvgIpc) is 2.46. The van der Waals surface area contributed by atoms with E-state index in [2.05, 4.69) is 19.8 Å². The molecule has 1 aromatic heterocycles. The average molecular weight is 264 g/mol. The van der Waals surface area contributed by atoms with Crippen LogP contribution in [0.2, 0.25) is 0 Å². The van der Waals surface area contributed by atoms with Crippen LogP contribution in [0.25, 0.3) is 0 Å². The lowest BCUT2D eigenvalue weighted by atomic mass is 10.0. The van der Waals surface area contributed by atoms with Gasteiger partial charge < -0.3 is 10.0 Å². The van der Waals surface area contributed by atoms with Gasteiger partial charge in [-0.15, -0.1) is 0 Å². The van der Waals surface area contributed by atoms with Gasteiger partial charge in [-0.1, -0.05) is 6.92 Å². The Morgan fingerprint density at radius 1 is 1.21 bits per heavy atom. The number of aliphatic carboxylic acids is 1. The molecule has 6 nitrogen and oxygen atoms in total. The first-order valence-electron chi connectivity index (χ1n) is 6.58. The predicted molar refractivity (Wildman–Crippen MR) is 72.1 cm³/mol. The highest BCUT2D eigenvalue weighted by Gasteiger charge is 2.28. The maximum absolute atomic E-state index is 11.0. The van der Waals surface area contributed by atoms with Crippen molar-refractivity contribution in [1.29, 1.82) is 0 Å². The Labute approximate surface area is 113 Å². The van der Waals surface area contributed by atoms with Crippen molar-refractivity contribution in [2.45, 2.75) is 19.9 Å². The maximum Gasteiger partial charge on any atom is 0.307 e. The van der Waals surface area contributed by atoms with Crippen LogP contribution in [-0.2, 0) is 4.79 Å². The molecule has 2 atom stereocenters. The molecule has 6 heteroatoms. The second-order valence-electron chi connectivity index (χ2n) is 4.94. The molecule has 104 valence electrons. The molecule has 1 N–H and O–H groups in total. The van der Waals surface area contributed by atoms with Gasteiger partial charge in [-0.05, 0) is 13.0 Å². The zero-order chi connectivity index (χ0) is 13.8. The third-order valence-electron chi connectivity index (χ3n) is 3.84. The van der Waals surface area contributed by atoms with Crippen molar-refractivity contribution < 1.29 is 9.90 Å². The molecule has 1 fully saturated rings. The second-order valence-corrected chi connectivity index (χ2v) is 4.94. The normalized spacial score (nSPS) is 20.0. The lowest BCUT2D eigenvalue weighted by Crippen LogP contribution is -2.52. The zero-order valence-electron chi connectivity index (χ0n) is 11.4.